The van der Waals surface area contributed by atoms with E-state index in [2.05, 4.69) is 35.3 Å². The number of amides is 2. The molecular formula is C40H51N3O8S. The molecule has 0 spiro atoms. The van der Waals surface area contributed by atoms with Crippen molar-refractivity contribution in [3.63, 3.8) is 0 Å². The Labute approximate surface area is 306 Å². The van der Waals surface area contributed by atoms with Gasteiger partial charge in [-0.3, -0.25) is 23.9 Å². The Morgan fingerprint density at radius 2 is 1.87 bits per heavy atom. The number of hydrogen-bond acceptors (Lipinski definition) is 9. The van der Waals surface area contributed by atoms with Crippen molar-refractivity contribution in [1.29, 1.82) is 0 Å². The molecule has 2 aliphatic heterocycles. The van der Waals surface area contributed by atoms with Crippen LogP contribution >= 0.6 is 0 Å². The molecule has 1 aromatic heterocycles. The van der Waals surface area contributed by atoms with E-state index in [-0.39, 0.29) is 61.9 Å². The number of nitrogens with zero attached hydrogens (tertiary/aromatic N) is 2. The van der Waals surface area contributed by atoms with Crippen LogP contribution in [0, 0.1) is 29.1 Å². The van der Waals surface area contributed by atoms with E-state index in [0.29, 0.717) is 25.1 Å². The second-order valence-electron chi connectivity index (χ2n) is 16.1. The Bertz CT molecular complexity index is 1840. The zero-order valence-corrected chi connectivity index (χ0v) is 30.9. The van der Waals surface area contributed by atoms with Crippen LogP contribution in [0.5, 0.6) is 5.88 Å². The van der Waals surface area contributed by atoms with E-state index in [1.165, 1.54) is 0 Å². The number of rotatable bonds is 8. The van der Waals surface area contributed by atoms with Crippen LogP contribution in [-0.2, 0) is 40.4 Å². The van der Waals surface area contributed by atoms with Gasteiger partial charge in [0, 0.05) is 24.4 Å². The van der Waals surface area contributed by atoms with Gasteiger partial charge in [-0.1, -0.05) is 44.4 Å². The Morgan fingerprint density at radius 3 is 2.60 bits per heavy atom. The number of nitrogens with one attached hydrogen (secondary N) is 1. The standard InChI is InChI=1S/C40H51N3O8S/c1-3-29-21-40(29,39(47)42-52(48,49)31-14-15-31)22-35(44)34-19-30-23-43(34)38(46)33(27-10-5-4-6-11-27)20-36(45)50-24-25(2)8-7-9-26-12-13-28-16-17-41-37(51-30)32(28)18-26/h3,12-13,16-18,25,27,29-31,33-34H,1,4-11,14-15,19-24H2,2H3,(H,42,47)/t25-,29-,30-,33+,34+,40-/m1/s1. The van der Waals surface area contributed by atoms with Gasteiger partial charge in [0.05, 0.1) is 42.2 Å². The molecule has 3 heterocycles. The lowest BCUT2D eigenvalue weighted by Gasteiger charge is -2.34. The minimum Gasteiger partial charge on any atom is -0.472 e. The number of ketones is 1. The fourth-order valence-electron chi connectivity index (χ4n) is 8.75. The summed E-state index contributed by atoms with van der Waals surface area (Å²) in [6.07, 6.45) is 11.2. The molecule has 3 saturated carbocycles. The number of aryl methyl sites for hydroxylation is 1. The molecule has 11 nitrogen and oxygen atoms in total. The first-order valence-electron chi connectivity index (χ1n) is 19.2. The summed E-state index contributed by atoms with van der Waals surface area (Å²) in [6, 6.07) is 7.24. The van der Waals surface area contributed by atoms with Crippen LogP contribution in [0.15, 0.2) is 43.1 Å². The Kier molecular flexibility index (Phi) is 10.5. The van der Waals surface area contributed by atoms with Gasteiger partial charge in [0.15, 0.2) is 5.78 Å². The number of benzene rings is 1. The van der Waals surface area contributed by atoms with Crippen LogP contribution in [0.2, 0.25) is 0 Å². The molecule has 0 unspecified atom stereocenters. The van der Waals surface area contributed by atoms with Gasteiger partial charge >= 0.3 is 5.97 Å². The highest BCUT2D eigenvalue weighted by molar-refractivity contribution is 7.90. The van der Waals surface area contributed by atoms with Gasteiger partial charge in [-0.25, -0.2) is 13.4 Å². The minimum absolute atomic E-state index is 0.0241. The van der Waals surface area contributed by atoms with Crippen molar-refractivity contribution < 1.29 is 37.1 Å². The Hall–Kier alpha value is -3.80. The third kappa shape index (κ3) is 7.77. The molecule has 12 heteroatoms. The molecule has 4 fully saturated rings. The quantitative estimate of drug-likeness (QED) is 0.276. The lowest BCUT2D eigenvalue weighted by molar-refractivity contribution is -0.153. The summed E-state index contributed by atoms with van der Waals surface area (Å²) in [7, 11) is -3.83. The molecule has 6 atom stereocenters. The molecule has 1 saturated heterocycles. The molecule has 1 aromatic carbocycles. The van der Waals surface area contributed by atoms with Crippen LogP contribution in [-0.4, -0.2) is 72.4 Å². The average Bonchev–Trinajstić information content (AvgIpc) is 4.06. The van der Waals surface area contributed by atoms with Gasteiger partial charge in [0.25, 0.3) is 0 Å². The molecule has 3 aliphatic carbocycles. The Morgan fingerprint density at radius 1 is 1.08 bits per heavy atom. The molecule has 2 amide bonds. The van der Waals surface area contributed by atoms with Gasteiger partial charge < -0.3 is 14.4 Å². The molecule has 5 aliphatic rings. The lowest BCUT2D eigenvalue weighted by atomic mass is 9.77. The summed E-state index contributed by atoms with van der Waals surface area (Å²) < 4.78 is 40.1. The number of cyclic esters (lactones) is 1. The van der Waals surface area contributed by atoms with Crippen LogP contribution in [0.4, 0.5) is 0 Å². The van der Waals surface area contributed by atoms with E-state index in [9.17, 15) is 27.6 Å². The molecule has 7 rings (SSSR count). The van der Waals surface area contributed by atoms with Crippen molar-refractivity contribution >= 4 is 44.4 Å². The first-order valence-corrected chi connectivity index (χ1v) is 20.7. The number of esters is 1. The fraction of sp³-hybridized carbons (Fsp3) is 0.625. The fourth-order valence-corrected chi connectivity index (χ4v) is 10.1. The maximum Gasteiger partial charge on any atom is 0.306 e. The van der Waals surface area contributed by atoms with Crippen LogP contribution in [0.1, 0.15) is 96.0 Å². The monoisotopic (exact) mass is 733 g/mol. The number of allylic oxidation sites excluding steroid dienone is 1. The van der Waals surface area contributed by atoms with Crippen LogP contribution in [0.25, 0.3) is 10.8 Å². The van der Waals surface area contributed by atoms with Crippen molar-refractivity contribution in [3.8, 4) is 5.88 Å². The van der Waals surface area contributed by atoms with E-state index >= 15 is 0 Å². The largest absolute Gasteiger partial charge is 0.472 e. The van der Waals surface area contributed by atoms with Crippen molar-refractivity contribution in [2.75, 3.05) is 13.2 Å². The number of fused-ring (bicyclic) bond motifs is 3. The van der Waals surface area contributed by atoms with E-state index in [1.807, 2.05) is 12.1 Å². The van der Waals surface area contributed by atoms with Gasteiger partial charge in [-0.15, -0.1) is 6.58 Å². The number of aromatic nitrogens is 1. The van der Waals surface area contributed by atoms with Crippen LogP contribution < -0.4 is 9.46 Å². The topological polar surface area (TPSA) is 149 Å². The first-order chi connectivity index (χ1) is 25.0. The molecule has 1 N–H and O–H groups in total. The summed E-state index contributed by atoms with van der Waals surface area (Å²) in [4.78, 5) is 62.4. The second-order valence-corrected chi connectivity index (χ2v) is 18.0. The highest BCUT2D eigenvalue weighted by Gasteiger charge is 2.61. The van der Waals surface area contributed by atoms with E-state index in [1.54, 1.807) is 17.2 Å². The number of carbonyl (C=O) groups excluding carboxylic acids is 4. The number of pyridine rings is 1. The zero-order chi connectivity index (χ0) is 36.6. The van der Waals surface area contributed by atoms with Gasteiger partial charge in [-0.2, -0.15) is 0 Å². The zero-order valence-electron chi connectivity index (χ0n) is 30.1. The predicted octanol–water partition coefficient (Wildman–Crippen LogP) is 5.45. The number of Topliss-reactive ketones (excluding diaryl/α,β-unsaturated/α-hetero) is 1. The Balaban J connectivity index is 1.21. The summed E-state index contributed by atoms with van der Waals surface area (Å²) in [5.74, 6) is -2.17. The smallest absolute Gasteiger partial charge is 0.306 e. The maximum absolute atomic E-state index is 14.8. The lowest BCUT2D eigenvalue weighted by Crippen LogP contribution is -2.48. The summed E-state index contributed by atoms with van der Waals surface area (Å²) in [5.41, 5.74) is -0.117. The van der Waals surface area contributed by atoms with Gasteiger partial charge in [0.1, 0.15) is 6.10 Å². The van der Waals surface area contributed by atoms with E-state index < -0.39 is 50.6 Å². The van der Waals surface area contributed by atoms with Crippen LogP contribution in [0.3, 0.4) is 0 Å². The van der Waals surface area contributed by atoms with Gasteiger partial charge in [-0.05, 0) is 92.2 Å². The minimum atomic E-state index is -3.83. The average molecular weight is 734 g/mol. The number of hydrogen-bond donors (Lipinski definition) is 1. The number of ether oxygens (including phenoxy) is 2. The summed E-state index contributed by atoms with van der Waals surface area (Å²) in [5, 5.41) is 1.24. The second kappa shape index (κ2) is 14.9. The number of carbonyl (C=O) groups is 4. The highest BCUT2D eigenvalue weighted by atomic mass is 32.2. The predicted molar refractivity (Wildman–Crippen MR) is 194 cm³/mol. The molecule has 0 radical (unpaired) electrons. The molecular weight excluding hydrogens is 683 g/mol. The van der Waals surface area contributed by atoms with Crippen molar-refractivity contribution in [2.45, 2.75) is 114 Å². The van der Waals surface area contributed by atoms with Crippen molar-refractivity contribution in [3.05, 3.63) is 48.7 Å². The highest BCUT2D eigenvalue weighted by Crippen LogP contribution is 2.57. The molecule has 4 bridgehead atoms. The van der Waals surface area contributed by atoms with E-state index in [4.69, 9.17) is 9.47 Å². The normalized spacial score (nSPS) is 30.6. The number of sulfonamides is 1. The van der Waals surface area contributed by atoms with E-state index in [0.717, 1.165) is 67.7 Å². The van der Waals surface area contributed by atoms with Crippen molar-refractivity contribution in [2.24, 2.45) is 29.1 Å². The third-order valence-corrected chi connectivity index (χ3v) is 14.0. The molecule has 52 heavy (non-hydrogen) atoms. The van der Waals surface area contributed by atoms with Crippen molar-refractivity contribution in [1.82, 2.24) is 14.6 Å². The summed E-state index contributed by atoms with van der Waals surface area (Å²) >= 11 is 0. The first kappa shape index (κ1) is 36.6. The third-order valence-electron chi connectivity index (χ3n) is 12.2. The molecule has 280 valence electrons. The SMILES string of the molecule is C=C[C@@H]1C[C@]1(CC(=O)[C@@H]1C[C@@H]2CN1C(=O)[C@H](C1CCCCC1)CC(=O)OC[C@H](C)CCCc1ccc3ccnc(c3c1)O2)C(=O)NS(=O)(=O)C1CC1. The van der Waals surface area contributed by atoms with Gasteiger partial charge in [0.2, 0.25) is 27.7 Å². The summed E-state index contributed by atoms with van der Waals surface area (Å²) in [6.45, 7) is 6.30. The molecule has 2 aromatic rings. The maximum atomic E-state index is 14.8.